The summed E-state index contributed by atoms with van der Waals surface area (Å²) in [4.78, 5) is 2.64. The Morgan fingerprint density at radius 1 is 1.32 bits per heavy atom. The van der Waals surface area contributed by atoms with Gasteiger partial charge in [-0.15, -0.1) is 0 Å². The van der Waals surface area contributed by atoms with Crippen molar-refractivity contribution in [2.45, 2.75) is 45.7 Å². The standard InChI is InChI=1S/C15H26N4/c1-10-15(11(2)18(4)17-10)12(3)19-8-13-6-5-7-16-14(13)9-19/h12-14,16H,5-9H2,1-4H3. The molecule has 0 radical (unpaired) electrons. The Balaban J connectivity index is 1.79. The fourth-order valence-corrected chi connectivity index (χ4v) is 3.97. The number of rotatable bonds is 2. The number of fused-ring (bicyclic) bond motifs is 1. The third kappa shape index (κ3) is 2.21. The summed E-state index contributed by atoms with van der Waals surface area (Å²) in [5.41, 5.74) is 3.93. The van der Waals surface area contributed by atoms with Gasteiger partial charge in [-0.1, -0.05) is 0 Å². The van der Waals surface area contributed by atoms with Crippen LogP contribution in [0.3, 0.4) is 0 Å². The third-order valence-corrected chi connectivity index (χ3v) is 5.16. The normalized spacial score (nSPS) is 29.5. The number of aryl methyl sites for hydroxylation is 2. The lowest BCUT2D eigenvalue weighted by Gasteiger charge is -2.25. The molecule has 3 unspecified atom stereocenters. The van der Waals surface area contributed by atoms with Gasteiger partial charge in [0.25, 0.3) is 0 Å². The average Bonchev–Trinajstić information content (AvgIpc) is 2.91. The Kier molecular flexibility index (Phi) is 3.39. The summed E-state index contributed by atoms with van der Waals surface area (Å²) in [5.74, 6) is 0.855. The van der Waals surface area contributed by atoms with Crippen LogP contribution in [0.25, 0.3) is 0 Å². The van der Waals surface area contributed by atoms with Gasteiger partial charge in [-0.2, -0.15) is 5.10 Å². The first kappa shape index (κ1) is 13.1. The first-order chi connectivity index (χ1) is 9.08. The highest BCUT2D eigenvalue weighted by molar-refractivity contribution is 5.28. The number of piperidine rings is 1. The second kappa shape index (κ2) is 4.91. The SMILES string of the molecule is Cc1nn(C)c(C)c1C(C)N1CC2CCCNC2C1. The molecule has 0 amide bonds. The molecule has 1 N–H and O–H groups in total. The highest BCUT2D eigenvalue weighted by atomic mass is 15.3. The molecule has 2 aliphatic rings. The Morgan fingerprint density at radius 2 is 2.11 bits per heavy atom. The summed E-state index contributed by atoms with van der Waals surface area (Å²) in [5, 5.41) is 8.26. The summed E-state index contributed by atoms with van der Waals surface area (Å²) in [6.07, 6.45) is 2.74. The maximum atomic E-state index is 4.57. The number of hydrogen-bond acceptors (Lipinski definition) is 3. The lowest BCUT2D eigenvalue weighted by atomic mass is 9.94. The van der Waals surface area contributed by atoms with Crippen LogP contribution in [0.1, 0.15) is 42.8 Å². The van der Waals surface area contributed by atoms with Crippen molar-refractivity contribution >= 4 is 0 Å². The maximum absolute atomic E-state index is 4.57. The zero-order chi connectivity index (χ0) is 13.6. The Morgan fingerprint density at radius 3 is 2.74 bits per heavy atom. The van der Waals surface area contributed by atoms with Gasteiger partial charge in [0.05, 0.1) is 5.69 Å². The second-order valence-corrected chi connectivity index (χ2v) is 6.30. The fraction of sp³-hybridized carbons (Fsp3) is 0.800. The van der Waals surface area contributed by atoms with Crippen LogP contribution in [0, 0.1) is 19.8 Å². The van der Waals surface area contributed by atoms with Crippen LogP contribution in [0.2, 0.25) is 0 Å². The molecule has 3 heterocycles. The third-order valence-electron chi connectivity index (χ3n) is 5.16. The van der Waals surface area contributed by atoms with Crippen LogP contribution in [-0.2, 0) is 7.05 Å². The Bertz CT molecular complexity index is 451. The zero-order valence-electron chi connectivity index (χ0n) is 12.6. The van der Waals surface area contributed by atoms with E-state index >= 15 is 0 Å². The quantitative estimate of drug-likeness (QED) is 0.882. The predicted octanol–water partition coefficient (Wildman–Crippen LogP) is 1.78. The van der Waals surface area contributed by atoms with E-state index in [4.69, 9.17) is 0 Å². The zero-order valence-corrected chi connectivity index (χ0v) is 12.6. The Labute approximate surface area is 116 Å². The van der Waals surface area contributed by atoms with Crippen LogP contribution < -0.4 is 5.32 Å². The molecular weight excluding hydrogens is 236 g/mol. The summed E-state index contributed by atoms with van der Waals surface area (Å²) in [7, 11) is 2.05. The largest absolute Gasteiger partial charge is 0.312 e. The summed E-state index contributed by atoms with van der Waals surface area (Å²) >= 11 is 0. The van der Waals surface area contributed by atoms with E-state index in [1.165, 1.54) is 49.4 Å². The maximum Gasteiger partial charge on any atom is 0.0644 e. The van der Waals surface area contributed by atoms with Gasteiger partial charge in [0.1, 0.15) is 0 Å². The average molecular weight is 262 g/mol. The van der Waals surface area contributed by atoms with Crippen LogP contribution in [0.15, 0.2) is 0 Å². The lowest BCUT2D eigenvalue weighted by Crippen LogP contribution is -2.40. The van der Waals surface area contributed by atoms with E-state index in [9.17, 15) is 0 Å². The van der Waals surface area contributed by atoms with E-state index in [1.807, 2.05) is 11.7 Å². The van der Waals surface area contributed by atoms with Crippen LogP contribution in [0.5, 0.6) is 0 Å². The molecule has 106 valence electrons. The van der Waals surface area contributed by atoms with E-state index in [0.717, 1.165) is 5.92 Å². The minimum atomic E-state index is 0.487. The number of aromatic nitrogens is 2. The number of hydrogen-bond donors (Lipinski definition) is 1. The van der Waals surface area contributed by atoms with E-state index in [2.05, 4.69) is 36.1 Å². The Hall–Kier alpha value is -0.870. The van der Waals surface area contributed by atoms with Crippen molar-refractivity contribution in [1.82, 2.24) is 20.0 Å². The van der Waals surface area contributed by atoms with E-state index in [-0.39, 0.29) is 0 Å². The monoisotopic (exact) mass is 262 g/mol. The molecule has 2 aliphatic heterocycles. The predicted molar refractivity (Wildman–Crippen MR) is 77.2 cm³/mol. The van der Waals surface area contributed by atoms with Gasteiger partial charge >= 0.3 is 0 Å². The molecule has 4 nitrogen and oxygen atoms in total. The van der Waals surface area contributed by atoms with E-state index in [1.54, 1.807) is 0 Å². The molecule has 2 fully saturated rings. The van der Waals surface area contributed by atoms with Crippen molar-refractivity contribution in [2.24, 2.45) is 13.0 Å². The van der Waals surface area contributed by atoms with E-state index in [0.29, 0.717) is 12.1 Å². The molecule has 3 rings (SSSR count). The van der Waals surface area contributed by atoms with Gasteiger partial charge in [-0.3, -0.25) is 9.58 Å². The molecule has 1 aromatic heterocycles. The van der Waals surface area contributed by atoms with Crippen molar-refractivity contribution < 1.29 is 0 Å². The fourth-order valence-electron chi connectivity index (χ4n) is 3.97. The first-order valence-corrected chi connectivity index (χ1v) is 7.55. The molecule has 4 heteroatoms. The molecule has 0 bridgehead atoms. The summed E-state index contributed by atoms with van der Waals surface area (Å²) in [6, 6.07) is 1.20. The molecule has 19 heavy (non-hydrogen) atoms. The minimum Gasteiger partial charge on any atom is -0.312 e. The summed E-state index contributed by atoms with van der Waals surface area (Å²) < 4.78 is 2.02. The number of nitrogens with zero attached hydrogens (tertiary/aromatic N) is 3. The number of likely N-dealkylation sites (tertiary alicyclic amines) is 1. The van der Waals surface area contributed by atoms with Crippen molar-refractivity contribution in [2.75, 3.05) is 19.6 Å². The summed E-state index contributed by atoms with van der Waals surface area (Å²) in [6.45, 7) is 10.3. The van der Waals surface area contributed by atoms with Gasteiger partial charge in [0, 0.05) is 43.5 Å². The molecule has 0 saturated carbocycles. The van der Waals surface area contributed by atoms with Crippen molar-refractivity contribution in [3.8, 4) is 0 Å². The molecule has 0 aromatic carbocycles. The van der Waals surface area contributed by atoms with Gasteiger partial charge in [0.15, 0.2) is 0 Å². The molecule has 1 aromatic rings. The second-order valence-electron chi connectivity index (χ2n) is 6.30. The van der Waals surface area contributed by atoms with Gasteiger partial charge in [-0.05, 0) is 46.1 Å². The smallest absolute Gasteiger partial charge is 0.0644 e. The van der Waals surface area contributed by atoms with Gasteiger partial charge in [0.2, 0.25) is 0 Å². The van der Waals surface area contributed by atoms with Crippen molar-refractivity contribution in [3.05, 3.63) is 17.0 Å². The highest BCUT2D eigenvalue weighted by Crippen LogP contribution is 2.33. The molecule has 3 atom stereocenters. The van der Waals surface area contributed by atoms with Crippen LogP contribution >= 0.6 is 0 Å². The van der Waals surface area contributed by atoms with Crippen LogP contribution in [0.4, 0.5) is 0 Å². The molecule has 2 saturated heterocycles. The molecule has 0 spiro atoms. The van der Waals surface area contributed by atoms with Crippen LogP contribution in [-0.4, -0.2) is 40.4 Å². The van der Waals surface area contributed by atoms with Crippen molar-refractivity contribution in [1.29, 1.82) is 0 Å². The lowest BCUT2D eigenvalue weighted by molar-refractivity contribution is 0.249. The van der Waals surface area contributed by atoms with Gasteiger partial charge in [-0.25, -0.2) is 0 Å². The van der Waals surface area contributed by atoms with E-state index < -0.39 is 0 Å². The first-order valence-electron chi connectivity index (χ1n) is 7.55. The molecular formula is C15H26N4. The topological polar surface area (TPSA) is 33.1 Å². The van der Waals surface area contributed by atoms with Gasteiger partial charge < -0.3 is 5.32 Å². The van der Waals surface area contributed by atoms with Crippen molar-refractivity contribution in [3.63, 3.8) is 0 Å². The molecule has 0 aliphatic carbocycles. The minimum absolute atomic E-state index is 0.487. The highest BCUT2D eigenvalue weighted by Gasteiger charge is 2.37. The number of nitrogens with one attached hydrogen (secondary N) is 1.